The zero-order valence-electron chi connectivity index (χ0n) is 10.5. The minimum absolute atomic E-state index is 0.811. The Hall–Kier alpha value is -1.02. The van der Waals surface area contributed by atoms with Gasteiger partial charge in [-0.3, -0.25) is 0 Å². The van der Waals surface area contributed by atoms with Crippen LogP contribution in [0.15, 0.2) is 18.2 Å². The Morgan fingerprint density at radius 2 is 1.71 bits per heavy atom. The Morgan fingerprint density at radius 1 is 1.00 bits per heavy atom. The molecule has 1 aliphatic carbocycles. The van der Waals surface area contributed by atoms with Crippen LogP contribution in [0.5, 0.6) is 0 Å². The summed E-state index contributed by atoms with van der Waals surface area (Å²) in [7, 11) is 0. The van der Waals surface area contributed by atoms with Crippen molar-refractivity contribution in [2.75, 3.05) is 18.8 Å². The number of anilines is 1. The normalized spacial score (nSPS) is 25.5. The van der Waals surface area contributed by atoms with Crippen LogP contribution in [0.2, 0.25) is 0 Å². The van der Waals surface area contributed by atoms with E-state index in [1.54, 1.807) is 0 Å². The molecule has 3 rings (SSSR count). The Kier molecular flexibility index (Phi) is 3.06. The molecule has 17 heavy (non-hydrogen) atoms. The van der Waals surface area contributed by atoms with Crippen LogP contribution >= 0.6 is 0 Å². The van der Waals surface area contributed by atoms with Crippen molar-refractivity contribution in [3.63, 3.8) is 0 Å². The molecule has 2 heteroatoms. The van der Waals surface area contributed by atoms with Gasteiger partial charge < -0.3 is 10.6 Å². The molecular formula is C15H22N2. The highest BCUT2D eigenvalue weighted by molar-refractivity contribution is 5.45. The van der Waals surface area contributed by atoms with E-state index in [0.29, 0.717) is 0 Å². The summed E-state index contributed by atoms with van der Waals surface area (Å²) in [6.07, 6.45) is 7.89. The first kappa shape index (κ1) is 11.1. The molecule has 2 aliphatic rings. The smallest absolute Gasteiger partial charge is 0.0316 e. The van der Waals surface area contributed by atoms with Crippen molar-refractivity contribution >= 4 is 5.69 Å². The second-order valence-corrected chi connectivity index (χ2v) is 5.50. The number of benzene rings is 1. The summed E-state index contributed by atoms with van der Waals surface area (Å²) >= 11 is 0. The minimum Gasteiger partial charge on any atom is -0.399 e. The van der Waals surface area contributed by atoms with Crippen molar-refractivity contribution in [2.45, 2.75) is 44.6 Å². The number of hydrogen-bond donors (Lipinski definition) is 1. The lowest BCUT2D eigenvalue weighted by Crippen LogP contribution is -2.32. The fourth-order valence-corrected chi connectivity index (χ4v) is 3.38. The summed E-state index contributed by atoms with van der Waals surface area (Å²) in [4.78, 5) is 2.70. The number of likely N-dealkylation sites (tertiary alicyclic amines) is 1. The lowest BCUT2D eigenvalue weighted by molar-refractivity contribution is 0.222. The summed E-state index contributed by atoms with van der Waals surface area (Å²) in [5, 5.41) is 0. The molecule has 1 heterocycles. The van der Waals surface area contributed by atoms with Gasteiger partial charge >= 0.3 is 0 Å². The van der Waals surface area contributed by atoms with Crippen molar-refractivity contribution in [3.8, 4) is 0 Å². The van der Waals surface area contributed by atoms with Crippen molar-refractivity contribution < 1.29 is 0 Å². The van der Waals surface area contributed by atoms with Gasteiger partial charge in [-0.05, 0) is 74.9 Å². The summed E-state index contributed by atoms with van der Waals surface area (Å²) in [5.41, 5.74) is 9.82. The zero-order valence-corrected chi connectivity index (χ0v) is 10.5. The second-order valence-electron chi connectivity index (χ2n) is 5.50. The fourth-order valence-electron chi connectivity index (χ4n) is 3.38. The van der Waals surface area contributed by atoms with E-state index in [-0.39, 0.29) is 0 Å². The van der Waals surface area contributed by atoms with E-state index in [4.69, 9.17) is 5.73 Å². The maximum Gasteiger partial charge on any atom is 0.0316 e. The van der Waals surface area contributed by atoms with E-state index in [0.717, 1.165) is 11.7 Å². The third-order valence-electron chi connectivity index (χ3n) is 4.38. The van der Waals surface area contributed by atoms with Crippen molar-refractivity contribution in [2.24, 2.45) is 0 Å². The molecule has 1 atom stereocenters. The molecule has 0 aromatic heterocycles. The Labute approximate surface area is 104 Å². The summed E-state index contributed by atoms with van der Waals surface area (Å²) in [6, 6.07) is 7.28. The van der Waals surface area contributed by atoms with Gasteiger partial charge in [0.2, 0.25) is 0 Å². The molecule has 0 radical (unpaired) electrons. The first-order valence-corrected chi connectivity index (χ1v) is 6.94. The monoisotopic (exact) mass is 230 g/mol. The van der Waals surface area contributed by atoms with Gasteiger partial charge in [-0.1, -0.05) is 6.07 Å². The maximum atomic E-state index is 5.88. The molecular weight excluding hydrogens is 208 g/mol. The van der Waals surface area contributed by atoms with Crippen LogP contribution in [-0.4, -0.2) is 24.0 Å². The van der Waals surface area contributed by atoms with Crippen LogP contribution in [0.1, 0.15) is 36.8 Å². The Bertz CT molecular complexity index is 394. The van der Waals surface area contributed by atoms with Crippen LogP contribution in [0.25, 0.3) is 0 Å². The van der Waals surface area contributed by atoms with E-state index < -0.39 is 0 Å². The molecule has 1 aliphatic heterocycles. The van der Waals surface area contributed by atoms with Gasteiger partial charge in [-0.15, -0.1) is 0 Å². The van der Waals surface area contributed by atoms with Crippen molar-refractivity contribution in [3.05, 3.63) is 29.3 Å². The van der Waals surface area contributed by atoms with E-state index in [1.165, 1.54) is 62.7 Å². The minimum atomic E-state index is 0.811. The van der Waals surface area contributed by atoms with Crippen LogP contribution < -0.4 is 5.73 Å². The lowest BCUT2D eigenvalue weighted by atomic mass is 10.0. The largest absolute Gasteiger partial charge is 0.399 e. The topological polar surface area (TPSA) is 29.3 Å². The molecule has 1 saturated heterocycles. The first-order valence-electron chi connectivity index (χ1n) is 6.94. The van der Waals surface area contributed by atoms with E-state index in [2.05, 4.69) is 23.1 Å². The predicted molar refractivity (Wildman–Crippen MR) is 72.1 cm³/mol. The number of rotatable bonds is 1. The van der Waals surface area contributed by atoms with Gasteiger partial charge in [0.05, 0.1) is 0 Å². The number of nitrogen functional groups attached to an aromatic ring is 1. The molecule has 1 aromatic rings. The van der Waals surface area contributed by atoms with Crippen LogP contribution in [0.3, 0.4) is 0 Å². The van der Waals surface area contributed by atoms with Gasteiger partial charge in [0.15, 0.2) is 0 Å². The molecule has 1 fully saturated rings. The van der Waals surface area contributed by atoms with E-state index in [9.17, 15) is 0 Å². The lowest BCUT2D eigenvalue weighted by Gasteiger charge is -2.25. The van der Waals surface area contributed by atoms with Gasteiger partial charge in [0, 0.05) is 11.7 Å². The average molecular weight is 230 g/mol. The van der Waals surface area contributed by atoms with Crippen molar-refractivity contribution in [1.29, 1.82) is 0 Å². The molecule has 0 saturated carbocycles. The van der Waals surface area contributed by atoms with E-state index in [1.807, 2.05) is 0 Å². The van der Waals surface area contributed by atoms with Crippen LogP contribution in [0, 0.1) is 0 Å². The SMILES string of the molecule is Nc1ccc2c(c1)CCC(N1CCCC1)CC2. The Balaban J connectivity index is 1.74. The zero-order chi connectivity index (χ0) is 11.7. The number of nitrogens with two attached hydrogens (primary N) is 1. The van der Waals surface area contributed by atoms with E-state index >= 15 is 0 Å². The van der Waals surface area contributed by atoms with Crippen LogP contribution in [-0.2, 0) is 12.8 Å². The van der Waals surface area contributed by atoms with Crippen LogP contribution in [0.4, 0.5) is 5.69 Å². The van der Waals surface area contributed by atoms with Gasteiger partial charge in [-0.25, -0.2) is 0 Å². The summed E-state index contributed by atoms with van der Waals surface area (Å²) in [6.45, 7) is 2.65. The quantitative estimate of drug-likeness (QED) is 0.593. The van der Waals surface area contributed by atoms with Gasteiger partial charge in [0.1, 0.15) is 0 Å². The van der Waals surface area contributed by atoms with Gasteiger partial charge in [0.25, 0.3) is 0 Å². The molecule has 2 N–H and O–H groups in total. The number of fused-ring (bicyclic) bond motifs is 1. The summed E-state index contributed by atoms with van der Waals surface area (Å²) in [5.74, 6) is 0. The highest BCUT2D eigenvalue weighted by Gasteiger charge is 2.24. The fraction of sp³-hybridized carbons (Fsp3) is 0.600. The molecule has 1 unspecified atom stereocenters. The molecule has 1 aromatic carbocycles. The van der Waals surface area contributed by atoms with Crippen molar-refractivity contribution in [1.82, 2.24) is 4.90 Å². The number of hydrogen-bond acceptors (Lipinski definition) is 2. The maximum absolute atomic E-state index is 5.88. The molecule has 2 nitrogen and oxygen atoms in total. The Morgan fingerprint density at radius 3 is 2.47 bits per heavy atom. The van der Waals surface area contributed by atoms with Gasteiger partial charge in [-0.2, -0.15) is 0 Å². The molecule has 0 spiro atoms. The number of nitrogens with zero attached hydrogens (tertiary/aromatic N) is 1. The molecule has 0 bridgehead atoms. The standard InChI is InChI=1S/C15H22N2/c16-14-6-3-12-4-7-15(8-5-13(12)11-14)17-9-1-2-10-17/h3,6,11,15H,1-2,4-5,7-10,16H2. The number of aryl methyl sites for hydroxylation is 2. The third-order valence-corrected chi connectivity index (χ3v) is 4.38. The highest BCUT2D eigenvalue weighted by atomic mass is 15.2. The first-order chi connectivity index (χ1) is 8.33. The predicted octanol–water partition coefficient (Wildman–Crippen LogP) is 2.61. The highest BCUT2D eigenvalue weighted by Crippen LogP contribution is 2.27. The summed E-state index contributed by atoms with van der Waals surface area (Å²) < 4.78 is 0. The second kappa shape index (κ2) is 4.69. The molecule has 92 valence electrons. The average Bonchev–Trinajstić information content (AvgIpc) is 2.77. The third kappa shape index (κ3) is 2.32. The molecule has 0 amide bonds.